The largest absolute Gasteiger partial charge is 0.464 e. The van der Waals surface area contributed by atoms with E-state index < -0.39 is 0 Å². The fourth-order valence-electron chi connectivity index (χ4n) is 3.54. The van der Waals surface area contributed by atoms with Gasteiger partial charge in [-0.2, -0.15) is 0 Å². The van der Waals surface area contributed by atoms with Crippen LogP contribution in [0.5, 0.6) is 0 Å². The second kappa shape index (κ2) is 9.83. The van der Waals surface area contributed by atoms with Crippen molar-refractivity contribution in [1.29, 1.82) is 0 Å². The Bertz CT molecular complexity index is 568. The minimum absolute atomic E-state index is 0.162. The second-order valence-corrected chi connectivity index (χ2v) is 10.6. The van der Waals surface area contributed by atoms with Crippen molar-refractivity contribution in [3.8, 4) is 11.8 Å². The molecule has 0 saturated heterocycles. The third-order valence-electron chi connectivity index (χ3n) is 5.12. The van der Waals surface area contributed by atoms with Crippen LogP contribution in [-0.2, 0) is 9.47 Å². The van der Waals surface area contributed by atoms with Gasteiger partial charge in [0.2, 0.25) is 6.29 Å². The van der Waals surface area contributed by atoms with Crippen molar-refractivity contribution in [1.82, 2.24) is 0 Å². The van der Waals surface area contributed by atoms with Gasteiger partial charge < -0.3 is 9.47 Å². The van der Waals surface area contributed by atoms with Crippen molar-refractivity contribution in [2.24, 2.45) is 16.7 Å². The zero-order valence-corrected chi connectivity index (χ0v) is 18.4. The van der Waals surface area contributed by atoms with Crippen LogP contribution in [0.2, 0.25) is 0 Å². The van der Waals surface area contributed by atoms with Crippen molar-refractivity contribution in [2.75, 3.05) is 0 Å². The van der Waals surface area contributed by atoms with E-state index in [-0.39, 0.29) is 11.7 Å². The Balaban J connectivity index is 1.95. The molecule has 0 aliphatic heterocycles. The number of hydrogen-bond acceptors (Lipinski definition) is 2. The van der Waals surface area contributed by atoms with Gasteiger partial charge >= 0.3 is 0 Å². The Kier molecular flexibility index (Phi) is 8.04. The molecule has 2 heteroatoms. The van der Waals surface area contributed by atoms with E-state index in [1.54, 1.807) is 0 Å². The molecule has 0 spiro atoms. The van der Waals surface area contributed by atoms with Crippen molar-refractivity contribution in [2.45, 2.75) is 105 Å². The second-order valence-electron chi connectivity index (χ2n) is 10.6. The average molecular weight is 373 g/mol. The lowest BCUT2D eigenvalue weighted by molar-refractivity contribution is -0.167. The highest BCUT2D eigenvalue weighted by atomic mass is 16.7. The lowest BCUT2D eigenvalue weighted by Gasteiger charge is -2.31. The summed E-state index contributed by atoms with van der Waals surface area (Å²) in [7, 11) is 0. The van der Waals surface area contributed by atoms with Gasteiger partial charge in [-0.25, -0.2) is 0 Å². The molecule has 2 atom stereocenters. The summed E-state index contributed by atoms with van der Waals surface area (Å²) in [6.45, 7) is 13.6. The Labute approximate surface area is 167 Å². The van der Waals surface area contributed by atoms with Crippen molar-refractivity contribution >= 4 is 0 Å². The summed E-state index contributed by atoms with van der Waals surface area (Å²) in [5, 5.41) is 0. The number of ether oxygens (including phenoxy) is 2. The van der Waals surface area contributed by atoms with Gasteiger partial charge in [-0.1, -0.05) is 78.7 Å². The fraction of sp³-hybridized carbons (Fsp3) is 0.760. The fourth-order valence-corrected chi connectivity index (χ4v) is 3.54. The molecule has 2 aliphatic rings. The SMILES string of the molecule is CC(C)(C)CCC1C#CC=C(OC(CC(C)(C)C)OC2CCCCC2)C=C1. The molecule has 0 heterocycles. The maximum Gasteiger partial charge on any atom is 0.200 e. The van der Waals surface area contributed by atoms with Gasteiger partial charge in [0.25, 0.3) is 0 Å². The van der Waals surface area contributed by atoms with Crippen LogP contribution in [0, 0.1) is 28.6 Å². The highest BCUT2D eigenvalue weighted by Crippen LogP contribution is 2.30. The minimum atomic E-state index is -0.197. The molecular weight excluding hydrogens is 332 g/mol. The number of rotatable bonds is 7. The van der Waals surface area contributed by atoms with Crippen LogP contribution in [0.25, 0.3) is 0 Å². The average Bonchev–Trinajstić information content (AvgIpc) is 2.77. The number of allylic oxidation sites excluding steroid dienone is 3. The van der Waals surface area contributed by atoms with Crippen LogP contribution in [0.15, 0.2) is 24.0 Å². The van der Waals surface area contributed by atoms with Crippen LogP contribution >= 0.6 is 0 Å². The molecule has 0 amide bonds. The lowest BCUT2D eigenvalue weighted by atomic mass is 9.87. The Morgan fingerprint density at radius 2 is 1.74 bits per heavy atom. The van der Waals surface area contributed by atoms with E-state index in [4.69, 9.17) is 9.47 Å². The van der Waals surface area contributed by atoms with Gasteiger partial charge in [0.05, 0.1) is 6.10 Å². The Hall–Kier alpha value is -1.20. The van der Waals surface area contributed by atoms with E-state index in [0.717, 1.165) is 31.4 Å². The maximum atomic E-state index is 6.38. The van der Waals surface area contributed by atoms with Crippen LogP contribution in [0.1, 0.15) is 92.9 Å². The van der Waals surface area contributed by atoms with Crippen molar-refractivity contribution in [3.05, 3.63) is 24.0 Å². The first-order valence-corrected chi connectivity index (χ1v) is 10.8. The van der Waals surface area contributed by atoms with E-state index in [1.807, 2.05) is 6.08 Å². The predicted molar refractivity (Wildman–Crippen MR) is 114 cm³/mol. The molecule has 2 aliphatic carbocycles. The zero-order chi connectivity index (χ0) is 19.9. The summed E-state index contributed by atoms with van der Waals surface area (Å²) in [5.74, 6) is 7.70. The molecular formula is C25H40O2. The summed E-state index contributed by atoms with van der Waals surface area (Å²) in [5.41, 5.74) is 0.509. The third kappa shape index (κ3) is 9.52. The molecule has 0 aromatic heterocycles. The van der Waals surface area contributed by atoms with E-state index in [1.165, 1.54) is 25.7 Å². The van der Waals surface area contributed by atoms with E-state index in [0.29, 0.717) is 17.4 Å². The van der Waals surface area contributed by atoms with Crippen LogP contribution < -0.4 is 0 Å². The molecule has 27 heavy (non-hydrogen) atoms. The molecule has 2 nitrogen and oxygen atoms in total. The number of hydrogen-bond donors (Lipinski definition) is 0. The maximum absolute atomic E-state index is 6.38. The van der Waals surface area contributed by atoms with Gasteiger partial charge in [-0.3, -0.25) is 0 Å². The Morgan fingerprint density at radius 1 is 1.04 bits per heavy atom. The van der Waals surface area contributed by atoms with E-state index in [2.05, 4.69) is 65.5 Å². The lowest BCUT2D eigenvalue weighted by Crippen LogP contribution is -2.29. The van der Waals surface area contributed by atoms with Crippen LogP contribution in [-0.4, -0.2) is 12.4 Å². The minimum Gasteiger partial charge on any atom is -0.464 e. The van der Waals surface area contributed by atoms with Gasteiger partial charge in [0.1, 0.15) is 5.76 Å². The molecule has 0 radical (unpaired) electrons. The molecule has 2 unspecified atom stereocenters. The predicted octanol–water partition coefficient (Wildman–Crippen LogP) is 7.01. The summed E-state index contributed by atoms with van der Waals surface area (Å²) in [6, 6.07) is 0. The first kappa shape index (κ1) is 22.1. The van der Waals surface area contributed by atoms with Gasteiger partial charge in [0, 0.05) is 18.4 Å². The summed E-state index contributed by atoms with van der Waals surface area (Å²) in [4.78, 5) is 0. The molecule has 2 rings (SSSR count). The first-order chi connectivity index (χ1) is 12.6. The zero-order valence-electron chi connectivity index (χ0n) is 18.4. The molecule has 1 saturated carbocycles. The molecule has 0 aromatic rings. The molecule has 0 bridgehead atoms. The van der Waals surface area contributed by atoms with Gasteiger partial charge in [-0.15, -0.1) is 0 Å². The molecule has 152 valence electrons. The highest BCUT2D eigenvalue weighted by Gasteiger charge is 2.25. The van der Waals surface area contributed by atoms with Crippen molar-refractivity contribution in [3.63, 3.8) is 0 Å². The highest BCUT2D eigenvalue weighted by molar-refractivity contribution is 5.31. The third-order valence-corrected chi connectivity index (χ3v) is 5.12. The summed E-state index contributed by atoms with van der Waals surface area (Å²) in [6.07, 6.45) is 15.7. The first-order valence-electron chi connectivity index (χ1n) is 10.8. The summed E-state index contributed by atoms with van der Waals surface area (Å²) < 4.78 is 12.7. The topological polar surface area (TPSA) is 18.5 Å². The van der Waals surface area contributed by atoms with Gasteiger partial charge in [-0.05, 0) is 42.6 Å². The van der Waals surface area contributed by atoms with Gasteiger partial charge in [0.15, 0.2) is 0 Å². The van der Waals surface area contributed by atoms with Crippen molar-refractivity contribution < 1.29 is 9.47 Å². The van der Waals surface area contributed by atoms with Crippen LogP contribution in [0.3, 0.4) is 0 Å². The quantitative estimate of drug-likeness (QED) is 0.353. The molecule has 0 aromatic carbocycles. The standard InChI is InChI=1S/C25H40O2/c1-24(2,3)18-17-20-11-10-14-22(16-15-20)27-23(19-25(4,5)6)26-21-12-8-7-9-13-21/h14-16,20-21,23H,7-9,12-13,17-19H2,1-6H3. The van der Waals surface area contributed by atoms with Crippen LogP contribution in [0.4, 0.5) is 0 Å². The normalized spacial score (nSPS) is 22.4. The molecule has 1 fully saturated rings. The Morgan fingerprint density at radius 3 is 2.37 bits per heavy atom. The van der Waals surface area contributed by atoms with E-state index >= 15 is 0 Å². The summed E-state index contributed by atoms with van der Waals surface area (Å²) >= 11 is 0. The van der Waals surface area contributed by atoms with E-state index in [9.17, 15) is 0 Å². The molecule has 0 N–H and O–H groups in total. The smallest absolute Gasteiger partial charge is 0.200 e. The monoisotopic (exact) mass is 372 g/mol.